The van der Waals surface area contributed by atoms with Crippen LogP contribution in [0.1, 0.15) is 46.4 Å². The minimum absolute atomic E-state index is 0.0120. The van der Waals surface area contributed by atoms with E-state index in [-0.39, 0.29) is 11.9 Å². The quantitative estimate of drug-likeness (QED) is 0.676. The molecular formula is C22H23N3O3. The van der Waals surface area contributed by atoms with Crippen molar-refractivity contribution in [2.45, 2.75) is 32.7 Å². The van der Waals surface area contributed by atoms with Crippen LogP contribution in [0.25, 0.3) is 11.1 Å². The molecule has 6 nitrogen and oxygen atoms in total. The molecule has 2 aromatic heterocycles. The number of aryl methyl sites for hydroxylation is 2. The molecule has 1 aromatic carbocycles. The van der Waals surface area contributed by atoms with Crippen LogP contribution in [0.4, 0.5) is 0 Å². The fraction of sp³-hybridized carbons (Fsp3) is 0.318. The van der Waals surface area contributed by atoms with Crippen molar-refractivity contribution >= 4 is 5.91 Å². The maximum atomic E-state index is 13.1. The predicted molar refractivity (Wildman–Crippen MR) is 105 cm³/mol. The van der Waals surface area contributed by atoms with Crippen molar-refractivity contribution in [3.63, 3.8) is 0 Å². The van der Waals surface area contributed by atoms with E-state index in [4.69, 9.17) is 9.26 Å². The van der Waals surface area contributed by atoms with E-state index in [9.17, 15) is 4.79 Å². The lowest BCUT2D eigenvalue weighted by molar-refractivity contribution is 0.0732. The zero-order chi connectivity index (χ0) is 19.7. The number of carbonyl (C=O) groups is 1. The van der Waals surface area contributed by atoms with E-state index in [1.54, 1.807) is 13.2 Å². The van der Waals surface area contributed by atoms with Crippen LogP contribution in [-0.2, 0) is 0 Å². The van der Waals surface area contributed by atoms with Crippen molar-refractivity contribution in [3.05, 3.63) is 65.3 Å². The van der Waals surface area contributed by atoms with Crippen molar-refractivity contribution in [2.24, 2.45) is 0 Å². The number of nitrogens with zero attached hydrogens (tertiary/aromatic N) is 3. The van der Waals surface area contributed by atoms with Gasteiger partial charge in [0.25, 0.3) is 5.91 Å². The lowest BCUT2D eigenvalue weighted by atomic mass is 10.0. The van der Waals surface area contributed by atoms with Gasteiger partial charge in [-0.3, -0.25) is 9.78 Å². The summed E-state index contributed by atoms with van der Waals surface area (Å²) >= 11 is 0. The molecule has 0 bridgehead atoms. The lowest BCUT2D eigenvalue weighted by Gasteiger charge is -2.24. The normalized spacial score (nSPS) is 16.4. The highest BCUT2D eigenvalue weighted by molar-refractivity contribution is 5.95. The van der Waals surface area contributed by atoms with Gasteiger partial charge in [-0.25, -0.2) is 0 Å². The fourth-order valence-corrected chi connectivity index (χ4v) is 3.88. The molecule has 4 rings (SSSR count). The number of likely N-dealkylation sites (tertiary alicyclic amines) is 1. The number of pyridine rings is 1. The second-order valence-corrected chi connectivity index (χ2v) is 7.06. The van der Waals surface area contributed by atoms with Crippen LogP contribution in [0.3, 0.4) is 0 Å². The molecule has 1 saturated heterocycles. The average Bonchev–Trinajstić information content (AvgIpc) is 3.34. The molecule has 0 unspecified atom stereocenters. The van der Waals surface area contributed by atoms with Gasteiger partial charge in [0.1, 0.15) is 11.5 Å². The van der Waals surface area contributed by atoms with E-state index in [1.165, 1.54) is 0 Å². The monoisotopic (exact) mass is 377 g/mol. The minimum Gasteiger partial charge on any atom is -0.497 e. The molecule has 3 aromatic rings. The molecule has 1 aliphatic rings. The summed E-state index contributed by atoms with van der Waals surface area (Å²) in [6.45, 7) is 4.55. The Morgan fingerprint density at radius 3 is 2.79 bits per heavy atom. The van der Waals surface area contributed by atoms with Crippen LogP contribution < -0.4 is 4.74 Å². The van der Waals surface area contributed by atoms with E-state index < -0.39 is 0 Å². The molecule has 0 aliphatic carbocycles. The Morgan fingerprint density at radius 1 is 1.25 bits per heavy atom. The molecule has 1 fully saturated rings. The summed E-state index contributed by atoms with van der Waals surface area (Å²) in [5, 5.41) is 4.01. The average molecular weight is 377 g/mol. The van der Waals surface area contributed by atoms with Crippen molar-refractivity contribution in [3.8, 4) is 16.9 Å². The molecule has 28 heavy (non-hydrogen) atoms. The number of hydrogen-bond donors (Lipinski definition) is 0. The summed E-state index contributed by atoms with van der Waals surface area (Å²) in [4.78, 5) is 19.6. The van der Waals surface area contributed by atoms with Gasteiger partial charge in [0.15, 0.2) is 0 Å². The third-order valence-electron chi connectivity index (χ3n) is 5.28. The molecule has 0 spiro atoms. The van der Waals surface area contributed by atoms with E-state index >= 15 is 0 Å². The van der Waals surface area contributed by atoms with Crippen LogP contribution in [0.15, 0.2) is 47.1 Å². The standard InChI is InChI=1S/C22H23N3O3/c1-14-21(15(2)28-24-14)17-9-10-19(23-13-17)20-8-5-11-25(20)22(26)16-6-4-7-18(12-16)27-3/h4,6-7,9-10,12-13,20H,5,8,11H2,1-3H3/t20-/m0/s1. The minimum atomic E-state index is -0.0163. The Hall–Kier alpha value is -3.15. The van der Waals surface area contributed by atoms with Gasteiger partial charge >= 0.3 is 0 Å². The summed E-state index contributed by atoms with van der Waals surface area (Å²) in [6, 6.07) is 11.3. The number of aromatic nitrogens is 2. The van der Waals surface area contributed by atoms with E-state index in [0.29, 0.717) is 11.3 Å². The number of rotatable bonds is 4. The van der Waals surface area contributed by atoms with E-state index in [1.807, 2.05) is 55.3 Å². The van der Waals surface area contributed by atoms with Gasteiger partial charge in [-0.15, -0.1) is 0 Å². The Bertz CT molecular complexity index is 975. The Labute approximate surface area is 164 Å². The van der Waals surface area contributed by atoms with Gasteiger partial charge in [-0.1, -0.05) is 17.3 Å². The second kappa shape index (κ2) is 7.46. The topological polar surface area (TPSA) is 68.5 Å². The van der Waals surface area contributed by atoms with Crippen LogP contribution in [0.5, 0.6) is 5.75 Å². The molecule has 1 amide bonds. The molecule has 0 saturated carbocycles. The maximum absolute atomic E-state index is 13.1. The van der Waals surface area contributed by atoms with Gasteiger partial charge in [-0.2, -0.15) is 0 Å². The summed E-state index contributed by atoms with van der Waals surface area (Å²) in [6.07, 6.45) is 3.72. The molecule has 6 heteroatoms. The van der Waals surface area contributed by atoms with E-state index in [2.05, 4.69) is 10.1 Å². The maximum Gasteiger partial charge on any atom is 0.254 e. The first-order valence-electron chi connectivity index (χ1n) is 9.42. The van der Waals surface area contributed by atoms with Gasteiger partial charge in [0.05, 0.1) is 24.5 Å². The van der Waals surface area contributed by atoms with E-state index in [0.717, 1.165) is 47.7 Å². The largest absolute Gasteiger partial charge is 0.497 e. The summed E-state index contributed by atoms with van der Waals surface area (Å²) in [5.74, 6) is 1.48. The van der Waals surface area contributed by atoms with Gasteiger partial charge in [-0.05, 0) is 51.0 Å². The third kappa shape index (κ3) is 3.26. The number of amides is 1. The molecule has 1 atom stereocenters. The lowest BCUT2D eigenvalue weighted by Crippen LogP contribution is -2.31. The fourth-order valence-electron chi connectivity index (χ4n) is 3.88. The van der Waals surface area contributed by atoms with Crippen LogP contribution >= 0.6 is 0 Å². The summed E-state index contributed by atoms with van der Waals surface area (Å²) in [7, 11) is 1.60. The smallest absolute Gasteiger partial charge is 0.254 e. The first kappa shape index (κ1) is 18.2. The zero-order valence-corrected chi connectivity index (χ0v) is 16.3. The summed E-state index contributed by atoms with van der Waals surface area (Å²) in [5.41, 5.74) is 4.35. The third-order valence-corrected chi connectivity index (χ3v) is 5.28. The van der Waals surface area contributed by atoms with Crippen molar-refractivity contribution in [2.75, 3.05) is 13.7 Å². The Balaban J connectivity index is 1.59. The first-order valence-corrected chi connectivity index (χ1v) is 9.42. The summed E-state index contributed by atoms with van der Waals surface area (Å²) < 4.78 is 10.5. The second-order valence-electron chi connectivity index (χ2n) is 7.06. The Kier molecular flexibility index (Phi) is 4.86. The number of benzene rings is 1. The number of hydrogen-bond acceptors (Lipinski definition) is 5. The van der Waals surface area contributed by atoms with Crippen LogP contribution in [0.2, 0.25) is 0 Å². The number of carbonyl (C=O) groups excluding carboxylic acids is 1. The molecule has 0 N–H and O–H groups in total. The number of methoxy groups -OCH3 is 1. The molecular weight excluding hydrogens is 354 g/mol. The van der Waals surface area contributed by atoms with Crippen molar-refractivity contribution < 1.29 is 14.1 Å². The van der Waals surface area contributed by atoms with Gasteiger partial charge < -0.3 is 14.2 Å². The van der Waals surface area contributed by atoms with Crippen molar-refractivity contribution in [1.29, 1.82) is 0 Å². The molecule has 3 heterocycles. The van der Waals surface area contributed by atoms with Crippen LogP contribution in [0, 0.1) is 13.8 Å². The zero-order valence-electron chi connectivity index (χ0n) is 16.3. The highest BCUT2D eigenvalue weighted by Crippen LogP contribution is 2.34. The number of ether oxygens (including phenoxy) is 1. The first-order chi connectivity index (χ1) is 13.6. The highest BCUT2D eigenvalue weighted by Gasteiger charge is 2.31. The van der Waals surface area contributed by atoms with Gasteiger partial charge in [0.2, 0.25) is 0 Å². The van der Waals surface area contributed by atoms with Gasteiger partial charge in [0, 0.05) is 29.4 Å². The SMILES string of the molecule is COc1cccc(C(=O)N2CCC[C@H]2c2ccc(-c3c(C)noc3C)cn2)c1. The van der Waals surface area contributed by atoms with Crippen molar-refractivity contribution in [1.82, 2.24) is 15.0 Å². The molecule has 144 valence electrons. The predicted octanol–water partition coefficient (Wildman–Crippen LogP) is 4.34. The Morgan fingerprint density at radius 2 is 2.11 bits per heavy atom. The molecule has 0 radical (unpaired) electrons. The highest BCUT2D eigenvalue weighted by atomic mass is 16.5. The molecule has 1 aliphatic heterocycles. The van der Waals surface area contributed by atoms with Crippen LogP contribution in [-0.4, -0.2) is 34.6 Å².